The Morgan fingerprint density at radius 3 is 2.14 bits per heavy atom. The molecule has 0 unspecified atom stereocenters. The highest BCUT2D eigenvalue weighted by Crippen LogP contribution is 2.19. The SMILES string of the molecule is CCCCCCCCS(=O)(=O)NC(=O)c1cccc(COCc2ccc(-c3ccccc3)cc2)c1. The number of benzene rings is 3. The van der Waals surface area contributed by atoms with E-state index >= 15 is 0 Å². The lowest BCUT2D eigenvalue weighted by Crippen LogP contribution is -2.32. The van der Waals surface area contributed by atoms with Gasteiger partial charge < -0.3 is 4.74 Å². The zero-order chi connectivity index (χ0) is 24.9. The fraction of sp³-hybridized carbons (Fsp3) is 0.345. The zero-order valence-electron chi connectivity index (χ0n) is 20.4. The third-order valence-electron chi connectivity index (χ3n) is 5.80. The van der Waals surface area contributed by atoms with Gasteiger partial charge in [-0.15, -0.1) is 0 Å². The van der Waals surface area contributed by atoms with Gasteiger partial charge in [-0.05, 0) is 40.8 Å². The van der Waals surface area contributed by atoms with E-state index in [9.17, 15) is 13.2 Å². The number of sulfonamides is 1. The van der Waals surface area contributed by atoms with Crippen molar-refractivity contribution in [2.24, 2.45) is 0 Å². The van der Waals surface area contributed by atoms with Crippen molar-refractivity contribution in [1.82, 2.24) is 4.72 Å². The molecule has 3 aromatic rings. The number of rotatable bonds is 14. The van der Waals surface area contributed by atoms with Gasteiger partial charge in [0.1, 0.15) is 0 Å². The first kappa shape index (κ1) is 26.6. The van der Waals surface area contributed by atoms with Crippen molar-refractivity contribution in [1.29, 1.82) is 0 Å². The maximum atomic E-state index is 12.5. The van der Waals surface area contributed by atoms with Gasteiger partial charge in [-0.25, -0.2) is 13.1 Å². The van der Waals surface area contributed by atoms with Crippen molar-refractivity contribution in [3.63, 3.8) is 0 Å². The number of hydrogen-bond acceptors (Lipinski definition) is 4. The Hall–Kier alpha value is -2.96. The molecule has 1 N–H and O–H groups in total. The second-order valence-corrected chi connectivity index (χ2v) is 10.6. The highest BCUT2D eigenvalue weighted by atomic mass is 32.2. The number of ether oxygens (including phenoxy) is 1. The van der Waals surface area contributed by atoms with Gasteiger partial charge in [-0.3, -0.25) is 4.79 Å². The number of nitrogens with one attached hydrogen (secondary N) is 1. The molecule has 5 nitrogen and oxygen atoms in total. The van der Waals surface area contributed by atoms with Gasteiger partial charge in [0.05, 0.1) is 19.0 Å². The number of carbonyl (C=O) groups is 1. The molecule has 0 bridgehead atoms. The second kappa shape index (κ2) is 13.8. The van der Waals surface area contributed by atoms with Crippen molar-refractivity contribution in [2.75, 3.05) is 5.75 Å². The smallest absolute Gasteiger partial charge is 0.264 e. The largest absolute Gasteiger partial charge is 0.372 e. The van der Waals surface area contributed by atoms with Crippen LogP contribution in [0.2, 0.25) is 0 Å². The van der Waals surface area contributed by atoms with Gasteiger partial charge in [0.15, 0.2) is 0 Å². The van der Waals surface area contributed by atoms with E-state index < -0.39 is 15.9 Å². The van der Waals surface area contributed by atoms with Crippen molar-refractivity contribution < 1.29 is 17.9 Å². The summed E-state index contributed by atoms with van der Waals surface area (Å²) < 4.78 is 32.6. The summed E-state index contributed by atoms with van der Waals surface area (Å²) in [5.41, 5.74) is 4.50. The van der Waals surface area contributed by atoms with Crippen LogP contribution in [0.25, 0.3) is 11.1 Å². The number of amides is 1. The van der Waals surface area contributed by atoms with Gasteiger partial charge >= 0.3 is 0 Å². The standard InChI is InChI=1S/C29H35NO4S/c1-2-3-4-5-6-10-20-35(32,33)30-29(31)28-15-11-12-25(21-28)23-34-22-24-16-18-27(19-17-24)26-13-8-7-9-14-26/h7-9,11-19,21H,2-6,10,20,22-23H2,1H3,(H,30,31). The van der Waals surface area contributed by atoms with Crippen molar-refractivity contribution in [3.8, 4) is 11.1 Å². The maximum absolute atomic E-state index is 12.5. The molecule has 186 valence electrons. The van der Waals surface area contributed by atoms with Gasteiger partial charge in [-0.2, -0.15) is 0 Å². The van der Waals surface area contributed by atoms with Crippen molar-refractivity contribution in [3.05, 3.63) is 95.6 Å². The molecule has 0 aromatic heterocycles. The Kier molecular flexibility index (Phi) is 10.5. The average molecular weight is 494 g/mol. The summed E-state index contributed by atoms with van der Waals surface area (Å²) in [6.45, 7) is 2.91. The zero-order valence-corrected chi connectivity index (χ0v) is 21.2. The molecule has 0 heterocycles. The van der Waals surface area contributed by atoms with Crippen LogP contribution in [0, 0.1) is 0 Å². The van der Waals surface area contributed by atoms with Crippen LogP contribution in [0.4, 0.5) is 0 Å². The van der Waals surface area contributed by atoms with E-state index in [0.29, 0.717) is 25.2 Å². The summed E-state index contributed by atoms with van der Waals surface area (Å²) in [5.74, 6) is -0.633. The van der Waals surface area contributed by atoms with Crippen LogP contribution in [0.3, 0.4) is 0 Å². The predicted octanol–water partition coefficient (Wildman–Crippen LogP) is 6.49. The molecule has 0 aliphatic heterocycles. The van der Waals surface area contributed by atoms with E-state index in [-0.39, 0.29) is 5.75 Å². The van der Waals surface area contributed by atoms with Crippen LogP contribution in [0.5, 0.6) is 0 Å². The van der Waals surface area contributed by atoms with Gasteiger partial charge in [0.2, 0.25) is 10.0 Å². The highest BCUT2D eigenvalue weighted by Gasteiger charge is 2.16. The number of carbonyl (C=O) groups excluding carboxylic acids is 1. The topological polar surface area (TPSA) is 72.5 Å². The molecule has 0 fully saturated rings. The second-order valence-electron chi connectivity index (χ2n) is 8.77. The summed E-state index contributed by atoms with van der Waals surface area (Å²) in [6.07, 6.45) is 5.89. The monoisotopic (exact) mass is 493 g/mol. The van der Waals surface area contributed by atoms with Crippen LogP contribution in [-0.4, -0.2) is 20.1 Å². The van der Waals surface area contributed by atoms with Gasteiger partial charge in [0, 0.05) is 5.56 Å². The molecule has 0 aliphatic carbocycles. The van der Waals surface area contributed by atoms with Crippen molar-refractivity contribution >= 4 is 15.9 Å². The molecule has 0 atom stereocenters. The Bertz CT molecular complexity index is 1160. The van der Waals surface area contributed by atoms with Crippen LogP contribution in [0.1, 0.15) is 66.9 Å². The molecule has 0 aliphatic rings. The molecule has 0 saturated carbocycles. The summed E-state index contributed by atoms with van der Waals surface area (Å²) in [6, 6.07) is 25.3. The van der Waals surface area contributed by atoms with E-state index in [1.54, 1.807) is 18.2 Å². The maximum Gasteiger partial charge on any atom is 0.264 e. The Morgan fingerprint density at radius 2 is 1.40 bits per heavy atom. The van der Waals surface area contributed by atoms with Gasteiger partial charge in [-0.1, -0.05) is 106 Å². The number of hydrogen-bond donors (Lipinski definition) is 1. The molecule has 6 heteroatoms. The Balaban J connectivity index is 1.45. The lowest BCUT2D eigenvalue weighted by Gasteiger charge is -2.09. The summed E-state index contributed by atoms with van der Waals surface area (Å²) in [4.78, 5) is 12.5. The lowest BCUT2D eigenvalue weighted by molar-refractivity contribution is 0.0979. The number of unbranched alkanes of at least 4 members (excludes halogenated alkanes) is 5. The van der Waals surface area contributed by atoms with Crippen molar-refractivity contribution in [2.45, 2.75) is 58.7 Å². The van der Waals surface area contributed by atoms with Crippen LogP contribution < -0.4 is 4.72 Å². The molecule has 3 aromatic carbocycles. The first-order chi connectivity index (χ1) is 17.0. The molecule has 0 saturated heterocycles. The average Bonchev–Trinajstić information content (AvgIpc) is 2.87. The van der Waals surface area contributed by atoms with E-state index in [0.717, 1.165) is 42.4 Å². The first-order valence-electron chi connectivity index (χ1n) is 12.3. The molecule has 35 heavy (non-hydrogen) atoms. The summed E-state index contributed by atoms with van der Waals surface area (Å²) >= 11 is 0. The highest BCUT2D eigenvalue weighted by molar-refractivity contribution is 7.90. The predicted molar refractivity (Wildman–Crippen MR) is 141 cm³/mol. The molecule has 0 spiro atoms. The Labute approximate surface area is 209 Å². The molecule has 0 radical (unpaired) electrons. The van der Waals surface area contributed by atoms with E-state index in [1.165, 1.54) is 12.0 Å². The first-order valence-corrected chi connectivity index (χ1v) is 14.0. The molecule has 1 amide bonds. The minimum atomic E-state index is -3.64. The van der Waals surface area contributed by atoms with Crippen LogP contribution in [0.15, 0.2) is 78.9 Å². The third-order valence-corrected chi connectivity index (χ3v) is 7.13. The van der Waals surface area contributed by atoms with Crippen LogP contribution >= 0.6 is 0 Å². The fourth-order valence-corrected chi connectivity index (χ4v) is 4.92. The van der Waals surface area contributed by atoms with E-state index in [2.05, 4.69) is 35.9 Å². The summed E-state index contributed by atoms with van der Waals surface area (Å²) in [7, 11) is -3.64. The van der Waals surface area contributed by atoms with E-state index in [4.69, 9.17) is 4.74 Å². The summed E-state index contributed by atoms with van der Waals surface area (Å²) in [5, 5.41) is 0. The quantitative estimate of drug-likeness (QED) is 0.261. The Morgan fingerprint density at radius 1 is 0.743 bits per heavy atom. The molecular formula is C29H35NO4S. The van der Waals surface area contributed by atoms with Gasteiger partial charge in [0.25, 0.3) is 5.91 Å². The normalized spacial score (nSPS) is 11.3. The fourth-order valence-electron chi connectivity index (χ4n) is 3.84. The molecule has 3 rings (SSSR count). The minimum Gasteiger partial charge on any atom is -0.372 e. The van der Waals surface area contributed by atoms with Crippen LogP contribution in [-0.2, 0) is 28.0 Å². The molecular weight excluding hydrogens is 458 g/mol. The third kappa shape index (κ3) is 9.30. The minimum absolute atomic E-state index is 0.0310. The van der Waals surface area contributed by atoms with E-state index in [1.807, 2.05) is 36.4 Å². The lowest BCUT2D eigenvalue weighted by atomic mass is 10.0.